The van der Waals surface area contributed by atoms with Crippen molar-refractivity contribution in [2.24, 2.45) is 0 Å². The molecule has 3 nitrogen and oxygen atoms in total. The van der Waals surface area contributed by atoms with Crippen LogP contribution in [0.2, 0.25) is 0 Å². The number of hydrogen-bond acceptors (Lipinski definition) is 2. The van der Waals surface area contributed by atoms with Crippen molar-refractivity contribution in [3.05, 3.63) is 34.3 Å². The van der Waals surface area contributed by atoms with Crippen LogP contribution in [0.15, 0.2) is 28.7 Å². The maximum absolute atomic E-state index is 11.7. The summed E-state index contributed by atoms with van der Waals surface area (Å²) in [6.45, 7) is 3.62. The predicted molar refractivity (Wildman–Crippen MR) is 77.1 cm³/mol. The fourth-order valence-corrected chi connectivity index (χ4v) is 3.55. The normalized spacial score (nSPS) is 19.5. The highest BCUT2D eigenvalue weighted by molar-refractivity contribution is 9.10. The van der Waals surface area contributed by atoms with E-state index in [0.29, 0.717) is 0 Å². The Hall–Kier alpha value is -0.390. The Bertz CT molecular complexity index is 520. The molecule has 1 aromatic carbocycles. The van der Waals surface area contributed by atoms with Crippen LogP contribution in [-0.2, 0) is 15.4 Å². The van der Waals surface area contributed by atoms with Crippen LogP contribution in [0.3, 0.4) is 0 Å². The van der Waals surface area contributed by atoms with Gasteiger partial charge >= 0.3 is 0 Å². The summed E-state index contributed by atoms with van der Waals surface area (Å²) in [5.41, 5.74) is 1.21. The van der Waals surface area contributed by atoms with E-state index in [2.05, 4.69) is 32.8 Å². The molecular weight excluding hydrogens is 314 g/mol. The molecule has 1 aliphatic carbocycles. The molecule has 5 heteroatoms. The summed E-state index contributed by atoms with van der Waals surface area (Å²) in [6, 6.07) is 8.12. The van der Waals surface area contributed by atoms with Crippen molar-refractivity contribution in [3.63, 3.8) is 0 Å². The van der Waals surface area contributed by atoms with Crippen LogP contribution in [0.4, 0.5) is 0 Å². The van der Waals surface area contributed by atoms with E-state index >= 15 is 0 Å². The SMILES string of the molecule is CCS(=O)(=O)NC(C)C1(c2ccc(Br)cc2)CC1. The third-order valence-electron chi connectivity index (χ3n) is 3.77. The standard InChI is InChI=1S/C13H18BrNO2S/c1-3-18(16,17)15-10(2)13(8-9-13)11-4-6-12(14)7-5-11/h4-7,10,15H,3,8-9H2,1-2H3. The van der Waals surface area contributed by atoms with E-state index in [4.69, 9.17) is 0 Å². The largest absolute Gasteiger partial charge is 0.212 e. The van der Waals surface area contributed by atoms with E-state index in [1.54, 1.807) is 6.92 Å². The topological polar surface area (TPSA) is 46.2 Å². The van der Waals surface area contributed by atoms with Gasteiger partial charge in [-0.3, -0.25) is 0 Å². The van der Waals surface area contributed by atoms with Gasteiger partial charge in [0.15, 0.2) is 0 Å². The lowest BCUT2D eigenvalue weighted by Gasteiger charge is -2.24. The van der Waals surface area contributed by atoms with E-state index in [0.717, 1.165) is 17.3 Å². The Balaban J connectivity index is 2.19. The van der Waals surface area contributed by atoms with Gasteiger partial charge in [-0.2, -0.15) is 0 Å². The number of hydrogen-bond donors (Lipinski definition) is 1. The molecule has 1 unspecified atom stereocenters. The molecule has 0 heterocycles. The summed E-state index contributed by atoms with van der Waals surface area (Å²) in [5, 5.41) is 0. The maximum atomic E-state index is 11.7. The average molecular weight is 332 g/mol. The van der Waals surface area contributed by atoms with Crippen LogP contribution in [0.1, 0.15) is 32.3 Å². The van der Waals surface area contributed by atoms with Crippen LogP contribution >= 0.6 is 15.9 Å². The van der Waals surface area contributed by atoms with E-state index in [1.807, 2.05) is 19.1 Å². The van der Waals surface area contributed by atoms with Gasteiger partial charge < -0.3 is 0 Å². The lowest BCUT2D eigenvalue weighted by molar-refractivity contribution is 0.495. The fourth-order valence-electron chi connectivity index (χ4n) is 2.35. The Morgan fingerprint density at radius 3 is 2.33 bits per heavy atom. The summed E-state index contributed by atoms with van der Waals surface area (Å²) in [7, 11) is -3.14. The zero-order valence-electron chi connectivity index (χ0n) is 10.6. The van der Waals surface area contributed by atoms with Crippen LogP contribution in [-0.4, -0.2) is 20.2 Å². The van der Waals surface area contributed by atoms with Crippen LogP contribution in [0.5, 0.6) is 0 Å². The first-order valence-electron chi connectivity index (χ1n) is 6.16. The third-order valence-corrected chi connectivity index (χ3v) is 5.77. The van der Waals surface area contributed by atoms with Gasteiger partial charge in [-0.15, -0.1) is 0 Å². The van der Waals surface area contributed by atoms with Crippen molar-refractivity contribution >= 4 is 26.0 Å². The van der Waals surface area contributed by atoms with Crippen LogP contribution in [0, 0.1) is 0 Å². The smallest absolute Gasteiger partial charge is 0.211 e. The molecule has 18 heavy (non-hydrogen) atoms. The van der Waals surface area contributed by atoms with Gasteiger partial charge in [0, 0.05) is 15.9 Å². The Kier molecular flexibility index (Phi) is 3.85. The quantitative estimate of drug-likeness (QED) is 0.901. The molecule has 0 bridgehead atoms. The molecule has 0 saturated heterocycles. The zero-order valence-corrected chi connectivity index (χ0v) is 13.0. The van der Waals surface area contributed by atoms with Gasteiger partial charge in [0.25, 0.3) is 0 Å². The van der Waals surface area contributed by atoms with Gasteiger partial charge in [-0.05, 0) is 44.4 Å². The summed E-state index contributed by atoms with van der Waals surface area (Å²) < 4.78 is 27.1. The number of sulfonamides is 1. The van der Waals surface area contributed by atoms with E-state index in [1.165, 1.54) is 5.56 Å². The highest BCUT2D eigenvalue weighted by Gasteiger charge is 2.49. The summed E-state index contributed by atoms with van der Waals surface area (Å²) in [6.07, 6.45) is 2.09. The highest BCUT2D eigenvalue weighted by atomic mass is 79.9. The summed E-state index contributed by atoms with van der Waals surface area (Å²) >= 11 is 3.42. The molecule has 1 atom stereocenters. The zero-order chi connectivity index (χ0) is 13.4. The molecule has 100 valence electrons. The third kappa shape index (κ3) is 2.78. The minimum atomic E-state index is -3.14. The molecule has 0 amide bonds. The number of benzene rings is 1. The number of rotatable bonds is 5. The molecular formula is C13H18BrNO2S. The first kappa shape index (κ1) is 14.0. The molecule has 2 rings (SSSR count). The maximum Gasteiger partial charge on any atom is 0.211 e. The lowest BCUT2D eigenvalue weighted by atomic mass is 9.90. The number of halogens is 1. The second kappa shape index (κ2) is 4.94. The van der Waals surface area contributed by atoms with E-state index in [9.17, 15) is 8.42 Å². The summed E-state index contributed by atoms with van der Waals surface area (Å²) in [4.78, 5) is 0. The fraction of sp³-hybridized carbons (Fsp3) is 0.538. The number of nitrogens with one attached hydrogen (secondary N) is 1. The van der Waals surface area contributed by atoms with Crippen molar-refractivity contribution in [1.82, 2.24) is 4.72 Å². The molecule has 1 aromatic rings. The Labute approximate surface area is 117 Å². The van der Waals surface area contributed by atoms with Gasteiger partial charge in [0.1, 0.15) is 0 Å². The van der Waals surface area contributed by atoms with E-state index < -0.39 is 10.0 Å². The van der Waals surface area contributed by atoms with Gasteiger partial charge in [-0.1, -0.05) is 28.1 Å². The Morgan fingerprint density at radius 1 is 1.33 bits per heavy atom. The first-order chi connectivity index (χ1) is 8.39. The molecule has 1 fully saturated rings. The molecule has 0 aliphatic heterocycles. The minimum absolute atomic E-state index is 0.0110. The monoisotopic (exact) mass is 331 g/mol. The molecule has 0 radical (unpaired) electrons. The van der Waals surface area contributed by atoms with Gasteiger partial charge in [0.2, 0.25) is 10.0 Å². The minimum Gasteiger partial charge on any atom is -0.212 e. The van der Waals surface area contributed by atoms with E-state index in [-0.39, 0.29) is 17.2 Å². The first-order valence-corrected chi connectivity index (χ1v) is 8.60. The van der Waals surface area contributed by atoms with Gasteiger partial charge in [0.05, 0.1) is 5.75 Å². The van der Waals surface area contributed by atoms with Crippen molar-refractivity contribution in [1.29, 1.82) is 0 Å². The summed E-state index contributed by atoms with van der Waals surface area (Å²) in [5.74, 6) is 0.133. The molecule has 0 aromatic heterocycles. The van der Waals surface area contributed by atoms with Crippen LogP contribution in [0.25, 0.3) is 0 Å². The second-order valence-electron chi connectivity index (χ2n) is 4.91. The van der Waals surface area contributed by atoms with Crippen LogP contribution < -0.4 is 4.72 Å². The second-order valence-corrected chi connectivity index (χ2v) is 7.86. The predicted octanol–water partition coefficient (Wildman–Crippen LogP) is 2.81. The Morgan fingerprint density at radius 2 is 1.89 bits per heavy atom. The molecule has 0 spiro atoms. The lowest BCUT2D eigenvalue weighted by Crippen LogP contribution is -2.41. The molecule has 1 N–H and O–H groups in total. The average Bonchev–Trinajstić information content (AvgIpc) is 3.11. The molecule has 1 saturated carbocycles. The van der Waals surface area contributed by atoms with Crippen molar-refractivity contribution < 1.29 is 8.42 Å². The van der Waals surface area contributed by atoms with Crippen molar-refractivity contribution in [3.8, 4) is 0 Å². The molecule has 1 aliphatic rings. The van der Waals surface area contributed by atoms with Crippen molar-refractivity contribution in [2.45, 2.75) is 38.1 Å². The highest BCUT2D eigenvalue weighted by Crippen LogP contribution is 2.51. The van der Waals surface area contributed by atoms with Gasteiger partial charge in [-0.25, -0.2) is 13.1 Å². The van der Waals surface area contributed by atoms with Crippen molar-refractivity contribution in [2.75, 3.05) is 5.75 Å².